The van der Waals surface area contributed by atoms with Crippen LogP contribution in [0.4, 0.5) is 0 Å². The molecule has 0 aliphatic carbocycles. The van der Waals surface area contributed by atoms with Crippen LogP contribution in [0.2, 0.25) is 0 Å². The molecule has 9 heavy (non-hydrogen) atoms. The Balaban J connectivity index is 2.23. The van der Waals surface area contributed by atoms with Crippen molar-refractivity contribution in [3.05, 3.63) is 13.0 Å². The number of rotatable bonds is 1. The molecule has 3 nitrogen and oxygen atoms in total. The largest absolute Gasteiger partial charge is 0.394 e. The Morgan fingerprint density at radius 2 is 2.44 bits per heavy atom. The van der Waals surface area contributed by atoms with Crippen molar-refractivity contribution in [1.82, 2.24) is 0 Å². The van der Waals surface area contributed by atoms with E-state index in [-0.39, 0.29) is 12.7 Å². The van der Waals surface area contributed by atoms with Gasteiger partial charge in [0.1, 0.15) is 0 Å². The van der Waals surface area contributed by atoms with Gasteiger partial charge in [-0.05, 0) is 0 Å². The van der Waals surface area contributed by atoms with E-state index in [9.17, 15) is 0 Å². The highest BCUT2D eigenvalue weighted by Gasteiger charge is 2.20. The molecule has 2 radical (unpaired) electrons. The van der Waals surface area contributed by atoms with E-state index in [1.54, 1.807) is 6.42 Å². The van der Waals surface area contributed by atoms with Crippen molar-refractivity contribution < 1.29 is 14.9 Å². The van der Waals surface area contributed by atoms with Gasteiger partial charge in [0.15, 0.2) is 0 Å². The fourth-order valence-electron chi connectivity index (χ4n) is 0.753. The number of aliphatic hydroxyl groups excluding tert-OH is 2. The number of aliphatic hydroxyl groups is 2. The van der Waals surface area contributed by atoms with Crippen LogP contribution in [0.3, 0.4) is 0 Å². The lowest BCUT2D eigenvalue weighted by atomic mass is 10.1. The van der Waals surface area contributed by atoms with Crippen LogP contribution in [0.15, 0.2) is 0 Å². The summed E-state index contributed by atoms with van der Waals surface area (Å²) < 4.78 is 4.91. The maximum absolute atomic E-state index is 8.93. The molecule has 1 saturated heterocycles. The fourth-order valence-corrected chi connectivity index (χ4v) is 0.753. The van der Waals surface area contributed by atoms with Gasteiger partial charge in [-0.1, -0.05) is 0 Å². The molecule has 2 atom stereocenters. The number of hydrogen-bond donors (Lipinski definition) is 2. The summed E-state index contributed by atoms with van der Waals surface area (Å²) in [4.78, 5) is 0. The molecule has 1 rings (SSSR count). The second-order valence-electron chi connectivity index (χ2n) is 2.02. The zero-order valence-corrected chi connectivity index (χ0v) is 5.03. The van der Waals surface area contributed by atoms with Gasteiger partial charge in [-0.25, -0.2) is 0 Å². The van der Waals surface area contributed by atoms with Crippen molar-refractivity contribution in [3.63, 3.8) is 0 Å². The van der Waals surface area contributed by atoms with Crippen molar-refractivity contribution in [3.8, 4) is 0 Å². The highest BCUT2D eigenvalue weighted by molar-refractivity contribution is 4.90. The van der Waals surface area contributed by atoms with Crippen molar-refractivity contribution in [2.75, 3.05) is 6.61 Å². The first kappa shape index (κ1) is 6.99. The molecule has 0 unspecified atom stereocenters. The zero-order chi connectivity index (χ0) is 6.69. The molecule has 1 heterocycles. The Morgan fingerprint density at radius 3 is 2.89 bits per heavy atom. The Labute approximate surface area is 54.3 Å². The van der Waals surface area contributed by atoms with Gasteiger partial charge in [-0.15, -0.1) is 0 Å². The van der Waals surface area contributed by atoms with E-state index in [0.29, 0.717) is 6.42 Å². The van der Waals surface area contributed by atoms with Crippen LogP contribution in [0.5, 0.6) is 0 Å². The van der Waals surface area contributed by atoms with Crippen LogP contribution in [-0.4, -0.2) is 29.0 Å². The molecule has 1 fully saturated rings. The minimum Gasteiger partial charge on any atom is -0.394 e. The maximum Gasteiger partial charge on any atom is 0.0868 e. The summed E-state index contributed by atoms with van der Waals surface area (Å²) in [5.41, 5.74) is 0. The fraction of sp³-hybridized carbons (Fsp3) is 0.667. The Kier molecular flexibility index (Phi) is 2.45. The molecular formula is C6H10O3. The zero-order valence-electron chi connectivity index (χ0n) is 5.03. The molecule has 0 amide bonds. The topological polar surface area (TPSA) is 49.7 Å². The lowest BCUT2D eigenvalue weighted by molar-refractivity contribution is 0.0108. The van der Waals surface area contributed by atoms with Gasteiger partial charge in [0.25, 0.3) is 0 Å². The first-order chi connectivity index (χ1) is 4.33. The minimum absolute atomic E-state index is 0.0619. The SMILES string of the molecule is OC[C@H]1[CH][C@@H](O)C[CH]O1. The molecular weight excluding hydrogens is 120 g/mol. The standard InChI is InChI=1S/C6H10O3/c7-4-6-3-5(8)1-2-9-6/h2-3,5-8H,1,4H2/t5-,6+/m0/s1. The van der Waals surface area contributed by atoms with Crippen molar-refractivity contribution in [2.45, 2.75) is 18.6 Å². The lowest BCUT2D eigenvalue weighted by Crippen LogP contribution is -2.29. The predicted molar refractivity (Wildman–Crippen MR) is 31.2 cm³/mol. The van der Waals surface area contributed by atoms with Crippen molar-refractivity contribution in [1.29, 1.82) is 0 Å². The minimum atomic E-state index is -0.448. The normalized spacial score (nSPS) is 36.7. The van der Waals surface area contributed by atoms with E-state index in [4.69, 9.17) is 14.9 Å². The van der Waals surface area contributed by atoms with Crippen LogP contribution in [0.25, 0.3) is 0 Å². The molecule has 52 valence electrons. The molecule has 0 aromatic rings. The number of ether oxygens (including phenoxy) is 1. The third kappa shape index (κ3) is 1.93. The number of hydrogen-bond acceptors (Lipinski definition) is 3. The second-order valence-corrected chi connectivity index (χ2v) is 2.02. The molecule has 0 aromatic carbocycles. The van der Waals surface area contributed by atoms with E-state index in [1.807, 2.05) is 0 Å². The third-order valence-electron chi connectivity index (χ3n) is 1.23. The highest BCUT2D eigenvalue weighted by Crippen LogP contribution is 2.14. The van der Waals surface area contributed by atoms with E-state index < -0.39 is 6.10 Å². The van der Waals surface area contributed by atoms with Crippen LogP contribution in [0.1, 0.15) is 6.42 Å². The van der Waals surface area contributed by atoms with E-state index in [1.165, 1.54) is 6.61 Å². The average Bonchev–Trinajstić information content (AvgIpc) is 1.88. The van der Waals surface area contributed by atoms with E-state index >= 15 is 0 Å². The van der Waals surface area contributed by atoms with Gasteiger partial charge < -0.3 is 14.9 Å². The van der Waals surface area contributed by atoms with E-state index in [2.05, 4.69) is 0 Å². The summed E-state index contributed by atoms with van der Waals surface area (Å²) in [7, 11) is 0. The highest BCUT2D eigenvalue weighted by atomic mass is 16.5. The monoisotopic (exact) mass is 130 g/mol. The summed E-state index contributed by atoms with van der Waals surface area (Å²) in [6.07, 6.45) is 1.35. The van der Waals surface area contributed by atoms with Crippen LogP contribution in [-0.2, 0) is 4.74 Å². The summed E-state index contributed by atoms with van der Waals surface area (Å²) in [6, 6.07) is 0. The van der Waals surface area contributed by atoms with Crippen molar-refractivity contribution in [2.24, 2.45) is 0 Å². The lowest BCUT2D eigenvalue weighted by Gasteiger charge is -2.23. The van der Waals surface area contributed by atoms with Crippen LogP contribution >= 0.6 is 0 Å². The molecule has 2 N–H and O–H groups in total. The van der Waals surface area contributed by atoms with Crippen LogP contribution < -0.4 is 0 Å². The van der Waals surface area contributed by atoms with Gasteiger partial charge in [0.05, 0.1) is 25.4 Å². The van der Waals surface area contributed by atoms with Gasteiger partial charge >= 0.3 is 0 Å². The molecule has 0 saturated carbocycles. The predicted octanol–water partition coefficient (Wildman–Crippen LogP) is -0.505. The first-order valence-electron chi connectivity index (χ1n) is 2.94. The Bertz CT molecular complexity index is 84.4. The third-order valence-corrected chi connectivity index (χ3v) is 1.23. The van der Waals surface area contributed by atoms with Gasteiger partial charge in [-0.3, -0.25) is 0 Å². The molecule has 0 aromatic heterocycles. The summed E-state index contributed by atoms with van der Waals surface area (Å²) >= 11 is 0. The molecule has 0 bridgehead atoms. The first-order valence-corrected chi connectivity index (χ1v) is 2.94. The van der Waals surface area contributed by atoms with Crippen LogP contribution in [0, 0.1) is 13.0 Å². The summed E-state index contributed by atoms with van der Waals surface area (Å²) in [6.45, 7) is 1.46. The second kappa shape index (κ2) is 3.15. The maximum atomic E-state index is 8.93. The van der Waals surface area contributed by atoms with Gasteiger partial charge in [0.2, 0.25) is 0 Å². The smallest absolute Gasteiger partial charge is 0.0868 e. The van der Waals surface area contributed by atoms with Gasteiger partial charge in [-0.2, -0.15) is 0 Å². The molecule has 1 aliphatic heterocycles. The molecule has 0 spiro atoms. The Hall–Kier alpha value is -0.120. The molecule has 3 heteroatoms. The summed E-state index contributed by atoms with van der Waals surface area (Å²) in [5.74, 6) is 0. The summed E-state index contributed by atoms with van der Waals surface area (Å²) in [5, 5.41) is 17.5. The van der Waals surface area contributed by atoms with Gasteiger partial charge in [0, 0.05) is 12.8 Å². The average molecular weight is 130 g/mol. The quantitative estimate of drug-likeness (QED) is 0.503. The Morgan fingerprint density at radius 1 is 1.67 bits per heavy atom. The molecule has 1 aliphatic rings. The van der Waals surface area contributed by atoms with E-state index in [0.717, 1.165) is 0 Å². The van der Waals surface area contributed by atoms with Crippen molar-refractivity contribution >= 4 is 0 Å².